The first-order valence-electron chi connectivity index (χ1n) is 5.36. The number of para-hydroxylation sites is 1. The summed E-state index contributed by atoms with van der Waals surface area (Å²) in [5, 5.41) is 0. The predicted octanol–water partition coefficient (Wildman–Crippen LogP) is 0.732. The fourth-order valence-corrected chi connectivity index (χ4v) is 1.39. The van der Waals surface area contributed by atoms with E-state index in [-0.39, 0.29) is 18.8 Å². The zero-order valence-electron chi connectivity index (χ0n) is 9.68. The van der Waals surface area contributed by atoms with Gasteiger partial charge in [0.2, 0.25) is 0 Å². The van der Waals surface area contributed by atoms with Crippen LogP contribution in [0.1, 0.15) is 23.7 Å². The van der Waals surface area contributed by atoms with Crippen molar-refractivity contribution in [3.63, 3.8) is 0 Å². The predicted molar refractivity (Wildman–Crippen MR) is 64.4 cm³/mol. The Hall–Kier alpha value is -1.88. The minimum absolute atomic E-state index is 0.104. The number of nitrogens with two attached hydrogens (primary N) is 2. The number of anilines is 1. The van der Waals surface area contributed by atoms with Crippen molar-refractivity contribution in [1.82, 2.24) is 0 Å². The van der Waals surface area contributed by atoms with Gasteiger partial charge in [-0.15, -0.1) is 0 Å². The van der Waals surface area contributed by atoms with Crippen LogP contribution in [0.2, 0.25) is 0 Å². The molecule has 0 amide bonds. The molecular weight excluding hydrogens is 220 g/mol. The van der Waals surface area contributed by atoms with Crippen LogP contribution in [-0.2, 0) is 9.53 Å². The van der Waals surface area contributed by atoms with Gasteiger partial charge in [-0.25, -0.2) is 0 Å². The Balaban J connectivity index is 2.67. The average molecular weight is 236 g/mol. The van der Waals surface area contributed by atoms with E-state index in [0.717, 1.165) is 0 Å². The first kappa shape index (κ1) is 13.2. The SMILES string of the molecule is CCOC(=O)[C@H](N)CC(=O)c1ccccc1N. The lowest BCUT2D eigenvalue weighted by Gasteiger charge is -2.10. The Morgan fingerprint density at radius 2 is 2.00 bits per heavy atom. The molecule has 1 atom stereocenters. The Morgan fingerprint density at radius 1 is 1.35 bits per heavy atom. The molecule has 5 heteroatoms. The molecule has 0 bridgehead atoms. The van der Waals surface area contributed by atoms with Crippen molar-refractivity contribution in [3.05, 3.63) is 29.8 Å². The molecule has 0 aromatic heterocycles. The van der Waals surface area contributed by atoms with Crippen molar-refractivity contribution in [1.29, 1.82) is 0 Å². The van der Waals surface area contributed by atoms with Crippen LogP contribution in [0.15, 0.2) is 24.3 Å². The lowest BCUT2D eigenvalue weighted by molar-refractivity contribution is -0.144. The molecule has 0 aliphatic carbocycles. The van der Waals surface area contributed by atoms with E-state index >= 15 is 0 Å². The van der Waals surface area contributed by atoms with Gasteiger partial charge < -0.3 is 16.2 Å². The van der Waals surface area contributed by atoms with Gasteiger partial charge in [0.05, 0.1) is 6.61 Å². The summed E-state index contributed by atoms with van der Waals surface area (Å²) in [5.41, 5.74) is 12.0. The number of ether oxygens (including phenoxy) is 1. The van der Waals surface area contributed by atoms with E-state index in [1.807, 2.05) is 0 Å². The third kappa shape index (κ3) is 3.57. The Bertz CT molecular complexity index is 418. The number of rotatable bonds is 5. The third-order valence-electron chi connectivity index (χ3n) is 2.26. The van der Waals surface area contributed by atoms with Crippen molar-refractivity contribution in [2.24, 2.45) is 5.73 Å². The standard InChI is InChI=1S/C12H16N2O3/c1-2-17-12(16)10(14)7-11(15)8-5-3-4-6-9(8)13/h3-6,10H,2,7,13-14H2,1H3/t10-/m1/s1. The zero-order chi connectivity index (χ0) is 12.8. The highest BCUT2D eigenvalue weighted by Gasteiger charge is 2.20. The number of benzene rings is 1. The van der Waals surface area contributed by atoms with Crippen LogP contribution >= 0.6 is 0 Å². The summed E-state index contributed by atoms with van der Waals surface area (Å²) < 4.78 is 4.72. The highest BCUT2D eigenvalue weighted by molar-refractivity contribution is 6.02. The summed E-state index contributed by atoms with van der Waals surface area (Å²) in [6.07, 6.45) is -0.104. The second kappa shape index (κ2) is 6.00. The monoisotopic (exact) mass is 236 g/mol. The third-order valence-corrected chi connectivity index (χ3v) is 2.26. The number of carbonyl (C=O) groups excluding carboxylic acids is 2. The number of hydrogen-bond donors (Lipinski definition) is 2. The number of ketones is 1. The Kier molecular flexibility index (Phi) is 4.66. The summed E-state index contributed by atoms with van der Waals surface area (Å²) in [5.74, 6) is -0.834. The van der Waals surface area contributed by atoms with E-state index in [0.29, 0.717) is 11.3 Å². The molecule has 4 N–H and O–H groups in total. The van der Waals surface area contributed by atoms with Crippen LogP contribution in [0.4, 0.5) is 5.69 Å². The molecule has 0 fully saturated rings. The maximum absolute atomic E-state index is 11.8. The van der Waals surface area contributed by atoms with Crippen molar-refractivity contribution < 1.29 is 14.3 Å². The van der Waals surface area contributed by atoms with Gasteiger partial charge in [-0.05, 0) is 19.1 Å². The molecule has 5 nitrogen and oxygen atoms in total. The van der Waals surface area contributed by atoms with Crippen molar-refractivity contribution in [3.8, 4) is 0 Å². The molecule has 0 heterocycles. The van der Waals surface area contributed by atoms with Gasteiger partial charge in [0.1, 0.15) is 6.04 Å². The lowest BCUT2D eigenvalue weighted by atomic mass is 10.0. The van der Waals surface area contributed by atoms with Crippen LogP contribution < -0.4 is 11.5 Å². The van der Waals surface area contributed by atoms with Crippen molar-refractivity contribution in [2.45, 2.75) is 19.4 Å². The highest BCUT2D eigenvalue weighted by atomic mass is 16.5. The molecule has 0 aliphatic rings. The van der Waals surface area contributed by atoms with E-state index in [4.69, 9.17) is 16.2 Å². The smallest absolute Gasteiger partial charge is 0.323 e. The molecule has 1 aromatic rings. The molecule has 0 saturated carbocycles. The largest absolute Gasteiger partial charge is 0.465 e. The van der Waals surface area contributed by atoms with Crippen LogP contribution in [0.3, 0.4) is 0 Å². The average Bonchev–Trinajstić information content (AvgIpc) is 2.29. The maximum atomic E-state index is 11.8. The van der Waals surface area contributed by atoms with Crippen LogP contribution in [0, 0.1) is 0 Å². The van der Waals surface area contributed by atoms with Crippen LogP contribution in [0.25, 0.3) is 0 Å². The fraction of sp³-hybridized carbons (Fsp3) is 0.333. The molecule has 0 unspecified atom stereocenters. The first-order chi connectivity index (χ1) is 8.06. The molecule has 0 radical (unpaired) electrons. The molecule has 17 heavy (non-hydrogen) atoms. The number of hydrogen-bond acceptors (Lipinski definition) is 5. The second-order valence-corrected chi connectivity index (χ2v) is 3.57. The second-order valence-electron chi connectivity index (χ2n) is 3.57. The van der Waals surface area contributed by atoms with E-state index < -0.39 is 12.0 Å². The van der Waals surface area contributed by atoms with Gasteiger partial charge in [0, 0.05) is 17.7 Å². The first-order valence-corrected chi connectivity index (χ1v) is 5.36. The van der Waals surface area contributed by atoms with Crippen molar-refractivity contribution >= 4 is 17.4 Å². The molecule has 1 rings (SSSR count). The fourth-order valence-electron chi connectivity index (χ4n) is 1.39. The van der Waals surface area contributed by atoms with Gasteiger partial charge in [-0.3, -0.25) is 9.59 Å². The molecule has 1 aromatic carbocycles. The van der Waals surface area contributed by atoms with Crippen LogP contribution in [-0.4, -0.2) is 24.4 Å². The van der Waals surface area contributed by atoms with Gasteiger partial charge in [0.15, 0.2) is 5.78 Å². The molecule has 0 saturated heterocycles. The Labute approximate surface area is 99.7 Å². The number of carbonyl (C=O) groups is 2. The summed E-state index contributed by atoms with van der Waals surface area (Å²) >= 11 is 0. The van der Waals surface area contributed by atoms with E-state index in [1.165, 1.54) is 0 Å². The minimum atomic E-state index is -0.943. The molecule has 92 valence electrons. The zero-order valence-corrected chi connectivity index (χ0v) is 9.68. The van der Waals surface area contributed by atoms with E-state index in [9.17, 15) is 9.59 Å². The van der Waals surface area contributed by atoms with E-state index in [1.54, 1.807) is 31.2 Å². The van der Waals surface area contributed by atoms with Gasteiger partial charge in [-0.2, -0.15) is 0 Å². The summed E-state index contributed by atoms with van der Waals surface area (Å²) in [6.45, 7) is 1.93. The topological polar surface area (TPSA) is 95.4 Å². The highest BCUT2D eigenvalue weighted by Crippen LogP contribution is 2.13. The van der Waals surface area contributed by atoms with E-state index in [2.05, 4.69) is 0 Å². The summed E-state index contributed by atoms with van der Waals surface area (Å²) in [4.78, 5) is 23.1. The normalized spacial score (nSPS) is 11.9. The van der Waals surface area contributed by atoms with Crippen LogP contribution in [0.5, 0.6) is 0 Å². The Morgan fingerprint density at radius 3 is 2.59 bits per heavy atom. The quantitative estimate of drug-likeness (QED) is 0.446. The molecule has 0 spiro atoms. The lowest BCUT2D eigenvalue weighted by Crippen LogP contribution is -2.34. The number of Topliss-reactive ketones (excluding diaryl/α,β-unsaturated/α-hetero) is 1. The molecular formula is C12H16N2O3. The minimum Gasteiger partial charge on any atom is -0.465 e. The maximum Gasteiger partial charge on any atom is 0.323 e. The number of nitrogen functional groups attached to an aromatic ring is 1. The van der Waals surface area contributed by atoms with Crippen molar-refractivity contribution in [2.75, 3.05) is 12.3 Å². The number of esters is 1. The summed E-state index contributed by atoms with van der Waals surface area (Å²) in [6, 6.07) is 5.73. The summed E-state index contributed by atoms with van der Waals surface area (Å²) in [7, 11) is 0. The van der Waals surface area contributed by atoms with Gasteiger partial charge >= 0.3 is 5.97 Å². The molecule has 0 aliphatic heterocycles. The van der Waals surface area contributed by atoms with Gasteiger partial charge in [0.25, 0.3) is 0 Å². The van der Waals surface area contributed by atoms with Gasteiger partial charge in [-0.1, -0.05) is 12.1 Å².